The van der Waals surface area contributed by atoms with Crippen LogP contribution in [0.5, 0.6) is 0 Å². The van der Waals surface area contributed by atoms with Crippen molar-refractivity contribution in [3.63, 3.8) is 0 Å². The SMILES string of the molecule is CC(C)c1nc(Cl)cc(NC(C)C2CCCO2)n1. The van der Waals surface area contributed by atoms with Crippen LogP contribution in [0, 0.1) is 0 Å². The van der Waals surface area contributed by atoms with Crippen LogP contribution in [0.25, 0.3) is 0 Å². The smallest absolute Gasteiger partial charge is 0.135 e. The van der Waals surface area contributed by atoms with Gasteiger partial charge >= 0.3 is 0 Å². The Morgan fingerprint density at radius 2 is 2.17 bits per heavy atom. The minimum absolute atomic E-state index is 0.235. The van der Waals surface area contributed by atoms with Crippen molar-refractivity contribution >= 4 is 17.4 Å². The second kappa shape index (κ2) is 5.85. The Labute approximate surface area is 113 Å². The number of anilines is 1. The van der Waals surface area contributed by atoms with Crippen molar-refractivity contribution in [1.82, 2.24) is 9.97 Å². The lowest BCUT2D eigenvalue weighted by atomic mass is 10.1. The Morgan fingerprint density at radius 1 is 1.39 bits per heavy atom. The Bertz CT molecular complexity index is 405. The van der Waals surface area contributed by atoms with E-state index in [0.717, 1.165) is 31.1 Å². The number of hydrogen-bond acceptors (Lipinski definition) is 4. The van der Waals surface area contributed by atoms with Crippen molar-refractivity contribution in [2.75, 3.05) is 11.9 Å². The molecule has 1 aromatic rings. The molecule has 0 saturated carbocycles. The van der Waals surface area contributed by atoms with Gasteiger partial charge < -0.3 is 10.1 Å². The third kappa shape index (κ3) is 3.33. The van der Waals surface area contributed by atoms with Gasteiger partial charge in [0, 0.05) is 18.6 Å². The summed E-state index contributed by atoms with van der Waals surface area (Å²) in [4.78, 5) is 8.70. The first kappa shape index (κ1) is 13.6. The molecular weight excluding hydrogens is 250 g/mol. The number of hydrogen-bond donors (Lipinski definition) is 1. The highest BCUT2D eigenvalue weighted by atomic mass is 35.5. The molecule has 1 fully saturated rings. The van der Waals surface area contributed by atoms with Crippen molar-refractivity contribution in [3.05, 3.63) is 17.0 Å². The maximum Gasteiger partial charge on any atom is 0.135 e. The van der Waals surface area contributed by atoms with E-state index in [-0.39, 0.29) is 18.1 Å². The second-order valence-electron chi connectivity index (χ2n) is 5.07. The lowest BCUT2D eigenvalue weighted by molar-refractivity contribution is 0.0995. The van der Waals surface area contributed by atoms with Crippen LogP contribution in [-0.2, 0) is 4.74 Å². The highest BCUT2D eigenvalue weighted by molar-refractivity contribution is 6.29. The second-order valence-corrected chi connectivity index (χ2v) is 5.46. The third-order valence-electron chi connectivity index (χ3n) is 3.13. The average Bonchev–Trinajstić information content (AvgIpc) is 2.81. The lowest BCUT2D eigenvalue weighted by Crippen LogP contribution is -2.30. The van der Waals surface area contributed by atoms with E-state index in [9.17, 15) is 0 Å². The van der Waals surface area contributed by atoms with Crippen LogP contribution in [0.4, 0.5) is 5.82 Å². The standard InChI is InChI=1S/C13H20ClN3O/c1-8(2)13-16-11(14)7-12(17-13)15-9(3)10-5-4-6-18-10/h7-10H,4-6H2,1-3H3,(H,15,16,17). The molecule has 2 atom stereocenters. The quantitative estimate of drug-likeness (QED) is 0.853. The molecule has 2 heterocycles. The molecule has 1 aliphatic heterocycles. The average molecular weight is 270 g/mol. The molecule has 4 nitrogen and oxygen atoms in total. The topological polar surface area (TPSA) is 47.0 Å². The largest absolute Gasteiger partial charge is 0.376 e. The van der Waals surface area contributed by atoms with Crippen molar-refractivity contribution in [1.29, 1.82) is 0 Å². The van der Waals surface area contributed by atoms with Crippen molar-refractivity contribution < 1.29 is 4.74 Å². The third-order valence-corrected chi connectivity index (χ3v) is 3.32. The number of nitrogens with zero attached hydrogens (tertiary/aromatic N) is 2. The summed E-state index contributed by atoms with van der Waals surface area (Å²) in [6.45, 7) is 7.08. The molecule has 0 radical (unpaired) electrons. The molecule has 100 valence electrons. The monoisotopic (exact) mass is 269 g/mol. The summed E-state index contributed by atoms with van der Waals surface area (Å²) in [5.41, 5.74) is 0. The van der Waals surface area contributed by atoms with Gasteiger partial charge in [-0.1, -0.05) is 25.4 Å². The van der Waals surface area contributed by atoms with Crippen LogP contribution < -0.4 is 5.32 Å². The van der Waals surface area contributed by atoms with E-state index in [1.54, 1.807) is 6.07 Å². The van der Waals surface area contributed by atoms with Gasteiger partial charge in [0.1, 0.15) is 16.8 Å². The van der Waals surface area contributed by atoms with E-state index in [4.69, 9.17) is 16.3 Å². The minimum Gasteiger partial charge on any atom is -0.376 e. The zero-order valence-corrected chi connectivity index (χ0v) is 11.9. The molecule has 1 N–H and O–H groups in total. The molecule has 5 heteroatoms. The molecule has 0 aliphatic carbocycles. The normalized spacial score (nSPS) is 21.3. The van der Waals surface area contributed by atoms with Gasteiger partial charge in [-0.05, 0) is 19.8 Å². The first-order valence-electron chi connectivity index (χ1n) is 6.49. The Balaban J connectivity index is 2.08. The van der Waals surface area contributed by atoms with Gasteiger partial charge in [-0.25, -0.2) is 9.97 Å². The molecule has 1 saturated heterocycles. The molecule has 18 heavy (non-hydrogen) atoms. The van der Waals surface area contributed by atoms with Gasteiger partial charge in [0.05, 0.1) is 12.1 Å². The number of nitrogens with one attached hydrogen (secondary N) is 1. The summed E-state index contributed by atoms with van der Waals surface area (Å²) in [6, 6.07) is 2.00. The molecular formula is C13H20ClN3O. The number of ether oxygens (including phenoxy) is 1. The van der Waals surface area contributed by atoms with Crippen molar-refractivity contribution in [3.8, 4) is 0 Å². The summed E-state index contributed by atoms with van der Waals surface area (Å²) < 4.78 is 5.66. The van der Waals surface area contributed by atoms with Crippen LogP contribution >= 0.6 is 11.6 Å². The fraction of sp³-hybridized carbons (Fsp3) is 0.692. The molecule has 1 aromatic heterocycles. The minimum atomic E-state index is 0.235. The van der Waals surface area contributed by atoms with E-state index < -0.39 is 0 Å². The van der Waals surface area contributed by atoms with E-state index in [1.807, 2.05) is 0 Å². The first-order valence-corrected chi connectivity index (χ1v) is 6.86. The van der Waals surface area contributed by atoms with Crippen molar-refractivity contribution in [2.24, 2.45) is 0 Å². The summed E-state index contributed by atoms with van der Waals surface area (Å²) in [6.07, 6.45) is 2.50. The Morgan fingerprint density at radius 3 is 2.78 bits per heavy atom. The zero-order valence-electron chi connectivity index (χ0n) is 11.1. The van der Waals surface area contributed by atoms with Crippen LogP contribution in [0.3, 0.4) is 0 Å². The first-order chi connectivity index (χ1) is 8.56. The van der Waals surface area contributed by atoms with E-state index >= 15 is 0 Å². The van der Waals surface area contributed by atoms with Gasteiger partial charge in [-0.15, -0.1) is 0 Å². The van der Waals surface area contributed by atoms with Gasteiger partial charge in [-0.3, -0.25) is 0 Å². The number of halogens is 1. The highest BCUT2D eigenvalue weighted by Crippen LogP contribution is 2.21. The molecule has 2 rings (SSSR count). The summed E-state index contributed by atoms with van der Waals surface area (Å²) in [5.74, 6) is 1.81. The van der Waals surface area contributed by atoms with Gasteiger partial charge in [0.2, 0.25) is 0 Å². The molecule has 0 spiro atoms. The van der Waals surface area contributed by atoms with Gasteiger partial charge in [0.25, 0.3) is 0 Å². The fourth-order valence-corrected chi connectivity index (χ4v) is 2.28. The van der Waals surface area contributed by atoms with E-state index in [2.05, 4.69) is 36.1 Å². The predicted octanol–water partition coefficient (Wildman–Crippen LogP) is 3.23. The van der Waals surface area contributed by atoms with Crippen LogP contribution in [-0.4, -0.2) is 28.7 Å². The van der Waals surface area contributed by atoms with Gasteiger partial charge in [-0.2, -0.15) is 0 Å². The Kier molecular flexibility index (Phi) is 4.40. The van der Waals surface area contributed by atoms with Gasteiger partial charge in [0.15, 0.2) is 0 Å². The number of rotatable bonds is 4. The van der Waals surface area contributed by atoms with E-state index in [0.29, 0.717) is 5.15 Å². The number of aromatic nitrogens is 2. The molecule has 0 aromatic carbocycles. The van der Waals surface area contributed by atoms with Crippen LogP contribution in [0.1, 0.15) is 45.4 Å². The molecule has 2 unspecified atom stereocenters. The highest BCUT2D eigenvalue weighted by Gasteiger charge is 2.22. The zero-order chi connectivity index (χ0) is 13.1. The Hall–Kier alpha value is -0.870. The predicted molar refractivity (Wildman–Crippen MR) is 73.2 cm³/mol. The van der Waals surface area contributed by atoms with Crippen LogP contribution in [0.2, 0.25) is 5.15 Å². The summed E-state index contributed by atoms with van der Waals surface area (Å²) in [5, 5.41) is 3.84. The van der Waals surface area contributed by atoms with Crippen LogP contribution in [0.15, 0.2) is 6.07 Å². The molecule has 0 bridgehead atoms. The summed E-state index contributed by atoms with van der Waals surface area (Å²) in [7, 11) is 0. The molecule has 0 amide bonds. The lowest BCUT2D eigenvalue weighted by Gasteiger charge is -2.21. The maximum atomic E-state index is 6.01. The van der Waals surface area contributed by atoms with Crippen molar-refractivity contribution in [2.45, 2.75) is 51.7 Å². The fourth-order valence-electron chi connectivity index (χ4n) is 2.09. The summed E-state index contributed by atoms with van der Waals surface area (Å²) >= 11 is 6.01. The maximum absolute atomic E-state index is 6.01. The van der Waals surface area contributed by atoms with E-state index in [1.165, 1.54) is 0 Å². The molecule has 1 aliphatic rings.